The fourth-order valence-corrected chi connectivity index (χ4v) is 0.790. The van der Waals surface area contributed by atoms with Crippen LogP contribution in [0.5, 0.6) is 0 Å². The molecule has 0 aliphatic carbocycles. The summed E-state index contributed by atoms with van der Waals surface area (Å²) in [6, 6.07) is 0. The topological polar surface area (TPSA) is 52.3 Å². The first-order chi connectivity index (χ1) is 5.15. The van der Waals surface area contributed by atoms with E-state index in [2.05, 4.69) is 14.3 Å². The number of hydrogen-bond donors (Lipinski definition) is 0. The van der Waals surface area contributed by atoms with Gasteiger partial charge >= 0.3 is 5.97 Å². The molecular formula is C5H3ClFNO3. The van der Waals surface area contributed by atoms with Gasteiger partial charge in [-0.2, -0.15) is 4.98 Å². The van der Waals surface area contributed by atoms with Crippen molar-refractivity contribution in [2.75, 3.05) is 0 Å². The van der Waals surface area contributed by atoms with Crippen molar-refractivity contribution in [2.24, 2.45) is 0 Å². The van der Waals surface area contributed by atoms with E-state index in [0.717, 1.165) is 0 Å². The van der Waals surface area contributed by atoms with Gasteiger partial charge in [0.25, 0.3) is 5.35 Å². The third kappa shape index (κ3) is 1.48. The van der Waals surface area contributed by atoms with Crippen LogP contribution in [0.15, 0.2) is 4.42 Å². The zero-order valence-electron chi connectivity index (χ0n) is 5.43. The van der Waals surface area contributed by atoms with Crippen LogP contribution in [0.4, 0.5) is 4.53 Å². The van der Waals surface area contributed by atoms with Gasteiger partial charge in [-0.05, 0) is 18.5 Å². The van der Waals surface area contributed by atoms with Crippen LogP contribution in [0.25, 0.3) is 0 Å². The van der Waals surface area contributed by atoms with Gasteiger partial charge in [0.2, 0.25) is 0 Å². The minimum absolute atomic E-state index is 0.123. The van der Waals surface area contributed by atoms with E-state index in [0.29, 0.717) is 0 Å². The molecular weight excluding hydrogens is 177 g/mol. The maximum atomic E-state index is 11.3. The molecule has 0 saturated carbocycles. The fourth-order valence-electron chi connectivity index (χ4n) is 0.590. The lowest BCUT2D eigenvalue weighted by Crippen LogP contribution is -2.00. The smallest absolute Gasteiger partial charge is 0.401 e. The van der Waals surface area contributed by atoms with Crippen molar-refractivity contribution in [3.8, 4) is 0 Å². The molecule has 6 heteroatoms. The van der Waals surface area contributed by atoms with E-state index in [1.807, 2.05) is 0 Å². The molecule has 0 radical (unpaired) electrons. The van der Waals surface area contributed by atoms with E-state index in [1.165, 1.54) is 6.92 Å². The van der Waals surface area contributed by atoms with Crippen LogP contribution in [-0.4, -0.2) is 11.0 Å². The maximum Gasteiger partial charge on any atom is 0.401 e. The van der Waals surface area contributed by atoms with E-state index < -0.39 is 5.97 Å². The molecule has 0 atom stereocenters. The summed E-state index contributed by atoms with van der Waals surface area (Å²) < 4.78 is 15.9. The molecule has 0 amide bonds. The average molecular weight is 180 g/mol. The van der Waals surface area contributed by atoms with E-state index in [-0.39, 0.29) is 16.8 Å². The quantitative estimate of drug-likeness (QED) is 0.658. The number of halogens is 2. The van der Waals surface area contributed by atoms with Gasteiger partial charge < -0.3 is 4.42 Å². The van der Waals surface area contributed by atoms with Gasteiger partial charge in [-0.1, -0.05) is 0 Å². The molecule has 1 aromatic rings. The number of oxazole rings is 1. The molecule has 4 nitrogen and oxygen atoms in total. The molecule has 0 aromatic carbocycles. The second kappa shape index (κ2) is 2.87. The van der Waals surface area contributed by atoms with Crippen molar-refractivity contribution in [3.63, 3.8) is 0 Å². The number of nitrogens with zero attached hydrogens (tertiary/aromatic N) is 1. The van der Waals surface area contributed by atoms with E-state index >= 15 is 0 Å². The summed E-state index contributed by atoms with van der Waals surface area (Å²) >= 11 is 5.26. The lowest BCUT2D eigenvalue weighted by atomic mass is 10.4. The summed E-state index contributed by atoms with van der Waals surface area (Å²) in [5.74, 6) is -1.09. The number of carbonyl (C=O) groups excluding carboxylic acids is 1. The van der Waals surface area contributed by atoms with Crippen LogP contribution >= 0.6 is 11.6 Å². The molecule has 60 valence electrons. The molecule has 0 fully saturated rings. The van der Waals surface area contributed by atoms with Crippen molar-refractivity contribution in [1.82, 2.24) is 4.98 Å². The van der Waals surface area contributed by atoms with Crippen LogP contribution in [0, 0.1) is 6.92 Å². The number of carbonyl (C=O) groups is 1. The van der Waals surface area contributed by atoms with Crippen LogP contribution in [0.2, 0.25) is 5.35 Å². The number of aromatic nitrogens is 1. The molecule has 0 unspecified atom stereocenters. The largest absolute Gasteiger partial charge is 0.432 e. The highest BCUT2D eigenvalue weighted by Gasteiger charge is 2.18. The van der Waals surface area contributed by atoms with Gasteiger partial charge in [-0.25, -0.2) is 9.74 Å². The van der Waals surface area contributed by atoms with E-state index in [1.54, 1.807) is 0 Å². The van der Waals surface area contributed by atoms with Crippen molar-refractivity contribution >= 4 is 17.6 Å². The molecule has 0 aliphatic heterocycles. The highest BCUT2D eigenvalue weighted by molar-refractivity contribution is 6.27. The van der Waals surface area contributed by atoms with Crippen LogP contribution in [0.3, 0.4) is 0 Å². The maximum absolute atomic E-state index is 11.3. The zero-order valence-corrected chi connectivity index (χ0v) is 6.18. The Bertz CT molecular complexity index is 285. The molecule has 1 aromatic heterocycles. The predicted molar refractivity (Wildman–Crippen MR) is 32.8 cm³/mol. The Labute approximate surface area is 65.8 Å². The number of aryl methyl sites for hydroxylation is 1. The summed E-state index contributed by atoms with van der Waals surface area (Å²) in [4.78, 5) is 16.7. The normalized spacial score (nSPS) is 9.73. The Morgan fingerprint density at radius 2 is 2.45 bits per heavy atom. The second-order valence-corrected chi connectivity index (χ2v) is 2.06. The van der Waals surface area contributed by atoms with Crippen LogP contribution in [-0.2, 0) is 4.94 Å². The van der Waals surface area contributed by atoms with Gasteiger partial charge in [0.05, 0.1) is 0 Å². The van der Waals surface area contributed by atoms with Gasteiger partial charge in [0.15, 0.2) is 5.69 Å². The highest BCUT2D eigenvalue weighted by Crippen LogP contribution is 2.14. The standard InChI is InChI=1S/C5H3ClFNO3/c1-2-3(4(9)11-7)8-5(6)10-2/h1H3. The molecule has 1 rings (SSSR count). The minimum atomic E-state index is -1.21. The third-order valence-electron chi connectivity index (χ3n) is 1.03. The second-order valence-electron chi connectivity index (χ2n) is 1.74. The zero-order chi connectivity index (χ0) is 8.43. The Hall–Kier alpha value is -1.10. The number of hydrogen-bond acceptors (Lipinski definition) is 4. The Morgan fingerprint density at radius 3 is 2.82 bits per heavy atom. The molecule has 0 saturated heterocycles. The lowest BCUT2D eigenvalue weighted by molar-refractivity contribution is -0.0794. The summed E-state index contributed by atoms with van der Waals surface area (Å²) in [5, 5.41) is -0.220. The monoisotopic (exact) mass is 179 g/mol. The van der Waals surface area contributed by atoms with Gasteiger partial charge in [0, 0.05) is 4.53 Å². The highest BCUT2D eigenvalue weighted by atomic mass is 35.5. The molecule has 11 heavy (non-hydrogen) atoms. The van der Waals surface area contributed by atoms with Gasteiger partial charge in [0.1, 0.15) is 5.76 Å². The third-order valence-corrected chi connectivity index (χ3v) is 1.20. The van der Waals surface area contributed by atoms with Crippen LogP contribution in [0.1, 0.15) is 16.2 Å². The molecule has 0 N–H and O–H groups in total. The Kier molecular flexibility index (Phi) is 2.09. The molecule has 0 aliphatic rings. The first-order valence-corrected chi connectivity index (χ1v) is 2.98. The first kappa shape index (κ1) is 8.00. The number of rotatable bonds is 1. The summed E-state index contributed by atoms with van der Waals surface area (Å²) in [6.07, 6.45) is 0. The molecule has 1 heterocycles. The SMILES string of the molecule is Cc1oc(Cl)nc1C(=O)OF. The Morgan fingerprint density at radius 1 is 1.82 bits per heavy atom. The molecule has 0 spiro atoms. The van der Waals surface area contributed by atoms with Gasteiger partial charge in [-0.15, -0.1) is 0 Å². The lowest BCUT2D eigenvalue weighted by Gasteiger charge is -1.86. The van der Waals surface area contributed by atoms with Crippen molar-refractivity contribution in [2.45, 2.75) is 6.92 Å². The average Bonchev–Trinajstić information content (AvgIpc) is 2.28. The van der Waals surface area contributed by atoms with E-state index in [4.69, 9.17) is 11.6 Å². The van der Waals surface area contributed by atoms with Crippen molar-refractivity contribution in [1.29, 1.82) is 0 Å². The van der Waals surface area contributed by atoms with Crippen molar-refractivity contribution < 1.29 is 18.7 Å². The summed E-state index contributed by atoms with van der Waals surface area (Å²) in [7, 11) is 0. The summed E-state index contributed by atoms with van der Waals surface area (Å²) in [5.41, 5.74) is -0.252. The Balaban J connectivity index is 3.03. The minimum Gasteiger partial charge on any atom is -0.432 e. The van der Waals surface area contributed by atoms with Gasteiger partial charge in [-0.3, -0.25) is 0 Å². The predicted octanol–water partition coefficient (Wildman–Crippen LogP) is 1.68. The fraction of sp³-hybridized carbons (Fsp3) is 0.200. The van der Waals surface area contributed by atoms with Crippen molar-refractivity contribution in [3.05, 3.63) is 16.8 Å². The molecule has 0 bridgehead atoms. The summed E-state index contributed by atoms with van der Waals surface area (Å²) in [6.45, 7) is 1.42. The first-order valence-electron chi connectivity index (χ1n) is 2.61. The van der Waals surface area contributed by atoms with Crippen LogP contribution < -0.4 is 0 Å². The van der Waals surface area contributed by atoms with E-state index in [9.17, 15) is 9.32 Å².